The Hall–Kier alpha value is -1.62. The standard InChI is InChI=1S/C13H21N3O2/c1-9(2)11(8-18-4)16-13(17)10-6-5-7-15-12(10)14-3/h5-7,9,11H,8H2,1-4H3,(H,14,15)(H,16,17). The molecule has 0 aliphatic heterocycles. The minimum absolute atomic E-state index is 0.00703. The molecule has 1 aromatic rings. The van der Waals surface area contributed by atoms with Gasteiger partial charge >= 0.3 is 0 Å². The molecule has 0 aliphatic carbocycles. The van der Waals surface area contributed by atoms with Crippen LogP contribution in [-0.2, 0) is 4.74 Å². The maximum absolute atomic E-state index is 12.2. The molecule has 0 bridgehead atoms. The summed E-state index contributed by atoms with van der Waals surface area (Å²) < 4.78 is 5.11. The molecule has 100 valence electrons. The van der Waals surface area contributed by atoms with Crippen LogP contribution in [0.2, 0.25) is 0 Å². The Bertz CT molecular complexity index is 394. The largest absolute Gasteiger partial charge is 0.383 e. The van der Waals surface area contributed by atoms with Crippen LogP contribution in [0.1, 0.15) is 24.2 Å². The number of pyridine rings is 1. The number of aromatic nitrogens is 1. The summed E-state index contributed by atoms with van der Waals surface area (Å²) >= 11 is 0. The first kappa shape index (κ1) is 14.4. The van der Waals surface area contributed by atoms with Gasteiger partial charge in [0.25, 0.3) is 5.91 Å². The molecule has 5 heteroatoms. The van der Waals surface area contributed by atoms with Crippen LogP contribution in [0.4, 0.5) is 5.82 Å². The van der Waals surface area contributed by atoms with E-state index in [-0.39, 0.29) is 11.9 Å². The molecule has 5 nitrogen and oxygen atoms in total. The van der Waals surface area contributed by atoms with Crippen LogP contribution in [0.25, 0.3) is 0 Å². The van der Waals surface area contributed by atoms with Crippen molar-refractivity contribution in [2.45, 2.75) is 19.9 Å². The zero-order chi connectivity index (χ0) is 13.5. The van der Waals surface area contributed by atoms with E-state index < -0.39 is 0 Å². The van der Waals surface area contributed by atoms with Crippen molar-refractivity contribution in [1.82, 2.24) is 10.3 Å². The van der Waals surface area contributed by atoms with Gasteiger partial charge in [0.1, 0.15) is 5.82 Å². The molecule has 0 aliphatic rings. The number of carbonyl (C=O) groups is 1. The third kappa shape index (κ3) is 3.70. The van der Waals surface area contributed by atoms with Gasteiger partial charge in [-0.2, -0.15) is 0 Å². The van der Waals surface area contributed by atoms with Crippen molar-refractivity contribution in [3.8, 4) is 0 Å². The van der Waals surface area contributed by atoms with Gasteiger partial charge < -0.3 is 15.4 Å². The highest BCUT2D eigenvalue weighted by Crippen LogP contribution is 2.11. The number of rotatable bonds is 6. The second kappa shape index (κ2) is 6.96. The zero-order valence-electron chi connectivity index (χ0n) is 11.4. The lowest BCUT2D eigenvalue weighted by Crippen LogP contribution is -2.41. The third-order valence-corrected chi connectivity index (χ3v) is 2.76. The van der Waals surface area contributed by atoms with Gasteiger partial charge in [0, 0.05) is 20.4 Å². The number of ether oxygens (including phenoxy) is 1. The van der Waals surface area contributed by atoms with Gasteiger partial charge in [0.05, 0.1) is 18.2 Å². The number of methoxy groups -OCH3 is 1. The minimum atomic E-state index is -0.136. The average Bonchev–Trinajstić information content (AvgIpc) is 2.37. The number of amides is 1. The molecule has 2 N–H and O–H groups in total. The molecule has 0 aromatic carbocycles. The molecule has 1 aromatic heterocycles. The van der Waals surface area contributed by atoms with Gasteiger partial charge in [-0.15, -0.1) is 0 Å². The van der Waals surface area contributed by atoms with E-state index >= 15 is 0 Å². The Kier molecular flexibility index (Phi) is 5.58. The predicted molar refractivity (Wildman–Crippen MR) is 71.8 cm³/mol. The summed E-state index contributed by atoms with van der Waals surface area (Å²) in [6.07, 6.45) is 1.65. The number of carbonyl (C=O) groups excluding carboxylic acids is 1. The quantitative estimate of drug-likeness (QED) is 0.804. The molecule has 1 atom stereocenters. The van der Waals surface area contributed by atoms with Gasteiger partial charge in [-0.05, 0) is 18.1 Å². The lowest BCUT2D eigenvalue weighted by Gasteiger charge is -2.22. The highest BCUT2D eigenvalue weighted by Gasteiger charge is 2.18. The van der Waals surface area contributed by atoms with E-state index in [1.165, 1.54) is 0 Å². The fraction of sp³-hybridized carbons (Fsp3) is 0.538. The summed E-state index contributed by atoms with van der Waals surface area (Å²) in [7, 11) is 3.37. The highest BCUT2D eigenvalue weighted by atomic mass is 16.5. The van der Waals surface area contributed by atoms with Crippen LogP contribution in [0, 0.1) is 5.92 Å². The molecule has 0 fully saturated rings. The van der Waals surface area contributed by atoms with Crippen LogP contribution >= 0.6 is 0 Å². The van der Waals surface area contributed by atoms with Gasteiger partial charge in [0.15, 0.2) is 0 Å². The molecule has 1 amide bonds. The first-order valence-corrected chi connectivity index (χ1v) is 6.02. The first-order chi connectivity index (χ1) is 8.60. The summed E-state index contributed by atoms with van der Waals surface area (Å²) in [6.45, 7) is 4.59. The second-order valence-electron chi connectivity index (χ2n) is 4.43. The van der Waals surface area contributed by atoms with E-state index in [4.69, 9.17) is 4.74 Å². The van der Waals surface area contributed by atoms with E-state index in [0.717, 1.165) is 0 Å². The molecular formula is C13H21N3O2. The van der Waals surface area contributed by atoms with E-state index in [1.807, 2.05) is 13.8 Å². The Balaban J connectivity index is 2.80. The molecule has 0 saturated carbocycles. The SMILES string of the molecule is CNc1ncccc1C(=O)NC(COC)C(C)C. The highest BCUT2D eigenvalue weighted by molar-refractivity contribution is 5.98. The second-order valence-corrected chi connectivity index (χ2v) is 4.43. The molecule has 1 rings (SSSR count). The Morgan fingerprint density at radius 1 is 1.50 bits per heavy atom. The lowest BCUT2D eigenvalue weighted by molar-refractivity contribution is 0.0867. The fourth-order valence-electron chi connectivity index (χ4n) is 1.61. The topological polar surface area (TPSA) is 63.2 Å². The maximum Gasteiger partial charge on any atom is 0.255 e. The van der Waals surface area contributed by atoms with Crippen molar-refractivity contribution in [3.63, 3.8) is 0 Å². The molecule has 1 unspecified atom stereocenters. The third-order valence-electron chi connectivity index (χ3n) is 2.76. The van der Waals surface area contributed by atoms with Crippen LogP contribution < -0.4 is 10.6 Å². The van der Waals surface area contributed by atoms with Crippen LogP contribution in [-0.4, -0.2) is 37.7 Å². The van der Waals surface area contributed by atoms with Crippen molar-refractivity contribution in [1.29, 1.82) is 0 Å². The van der Waals surface area contributed by atoms with Crippen molar-refractivity contribution in [2.24, 2.45) is 5.92 Å². The van der Waals surface area contributed by atoms with Gasteiger partial charge in [-0.25, -0.2) is 4.98 Å². The van der Waals surface area contributed by atoms with Crippen molar-refractivity contribution in [3.05, 3.63) is 23.9 Å². The number of nitrogens with one attached hydrogen (secondary N) is 2. The van der Waals surface area contributed by atoms with Crippen LogP contribution in [0.3, 0.4) is 0 Å². The predicted octanol–water partition coefficient (Wildman–Crippen LogP) is 1.52. The molecule has 1 heterocycles. The summed E-state index contributed by atoms with van der Waals surface area (Å²) in [5.74, 6) is 0.752. The van der Waals surface area contributed by atoms with E-state index in [9.17, 15) is 4.79 Å². The number of hydrogen-bond donors (Lipinski definition) is 2. The minimum Gasteiger partial charge on any atom is -0.383 e. The normalized spacial score (nSPS) is 12.3. The number of hydrogen-bond acceptors (Lipinski definition) is 4. The van der Waals surface area contributed by atoms with E-state index in [1.54, 1.807) is 32.5 Å². The summed E-state index contributed by atoms with van der Waals surface area (Å²) in [5, 5.41) is 5.87. The van der Waals surface area contributed by atoms with Crippen molar-refractivity contribution < 1.29 is 9.53 Å². The average molecular weight is 251 g/mol. The number of anilines is 1. The Morgan fingerprint density at radius 2 is 2.22 bits per heavy atom. The van der Waals surface area contributed by atoms with Crippen molar-refractivity contribution >= 4 is 11.7 Å². The fourth-order valence-corrected chi connectivity index (χ4v) is 1.61. The van der Waals surface area contributed by atoms with E-state index in [0.29, 0.717) is 23.9 Å². The molecule has 18 heavy (non-hydrogen) atoms. The van der Waals surface area contributed by atoms with Crippen LogP contribution in [0.15, 0.2) is 18.3 Å². The van der Waals surface area contributed by atoms with Crippen LogP contribution in [0.5, 0.6) is 0 Å². The maximum atomic E-state index is 12.2. The van der Waals surface area contributed by atoms with E-state index in [2.05, 4.69) is 15.6 Å². The Morgan fingerprint density at radius 3 is 2.78 bits per heavy atom. The smallest absolute Gasteiger partial charge is 0.255 e. The lowest BCUT2D eigenvalue weighted by atomic mass is 10.0. The molecule has 0 saturated heterocycles. The monoisotopic (exact) mass is 251 g/mol. The molecule has 0 radical (unpaired) electrons. The van der Waals surface area contributed by atoms with Gasteiger partial charge in [-0.3, -0.25) is 4.79 Å². The van der Waals surface area contributed by atoms with Crippen molar-refractivity contribution in [2.75, 3.05) is 26.1 Å². The molecular weight excluding hydrogens is 230 g/mol. The summed E-state index contributed by atoms with van der Waals surface area (Å²) in [5.41, 5.74) is 0.543. The van der Waals surface area contributed by atoms with Gasteiger partial charge in [0.2, 0.25) is 0 Å². The van der Waals surface area contributed by atoms with Gasteiger partial charge in [-0.1, -0.05) is 13.8 Å². The summed E-state index contributed by atoms with van der Waals surface area (Å²) in [6, 6.07) is 3.49. The molecule has 0 spiro atoms. The summed E-state index contributed by atoms with van der Waals surface area (Å²) in [4.78, 5) is 16.3. The first-order valence-electron chi connectivity index (χ1n) is 6.02. The zero-order valence-corrected chi connectivity index (χ0v) is 11.4. The number of nitrogens with zero attached hydrogens (tertiary/aromatic N) is 1. The Labute approximate surface area is 108 Å².